The molecule has 1 aromatic heterocycles. The third-order valence-electron chi connectivity index (χ3n) is 3.05. The highest BCUT2D eigenvalue weighted by atomic mass is 16.3. The van der Waals surface area contributed by atoms with E-state index < -0.39 is 0 Å². The second-order valence-electron chi connectivity index (χ2n) is 4.70. The summed E-state index contributed by atoms with van der Waals surface area (Å²) in [7, 11) is 3.79. The Kier molecular flexibility index (Phi) is 4.16. The molecule has 1 unspecified atom stereocenters. The number of aliphatic hydroxyl groups is 1. The van der Waals surface area contributed by atoms with Crippen LogP contribution in [0.2, 0.25) is 0 Å². The fourth-order valence-corrected chi connectivity index (χ4v) is 1.95. The van der Waals surface area contributed by atoms with Crippen LogP contribution in [0.15, 0.2) is 24.3 Å². The van der Waals surface area contributed by atoms with E-state index in [0.29, 0.717) is 12.4 Å². The molecule has 19 heavy (non-hydrogen) atoms. The number of hydrogen-bond donors (Lipinski definition) is 2. The van der Waals surface area contributed by atoms with E-state index in [1.807, 2.05) is 38.4 Å². The molecule has 0 aliphatic rings. The normalized spacial score (nSPS) is 12.4. The maximum atomic E-state index is 9.39. The number of para-hydroxylation sites is 1. The molecule has 0 amide bonds. The predicted octanol–water partition coefficient (Wildman–Crippen LogP) is 1.88. The highest BCUT2D eigenvalue weighted by Crippen LogP contribution is 2.24. The zero-order valence-electron chi connectivity index (χ0n) is 11.6. The van der Waals surface area contributed by atoms with Crippen LogP contribution >= 0.6 is 0 Å². The summed E-state index contributed by atoms with van der Waals surface area (Å²) in [6, 6.07) is 7.94. The topological polar surface area (TPSA) is 61.3 Å². The molecule has 1 aromatic carbocycles. The zero-order valence-corrected chi connectivity index (χ0v) is 11.6. The molecule has 5 heteroatoms. The molecule has 2 rings (SSSR count). The first-order chi connectivity index (χ1) is 9.11. The molecule has 0 saturated heterocycles. The number of hydrogen-bond acceptors (Lipinski definition) is 5. The van der Waals surface area contributed by atoms with E-state index in [4.69, 9.17) is 0 Å². The van der Waals surface area contributed by atoms with Gasteiger partial charge in [-0.3, -0.25) is 0 Å². The molecule has 102 valence electrons. The summed E-state index contributed by atoms with van der Waals surface area (Å²) in [5.74, 6) is 1.49. The van der Waals surface area contributed by atoms with Gasteiger partial charge in [0.05, 0.1) is 11.6 Å². The molecule has 2 N–H and O–H groups in total. The summed E-state index contributed by atoms with van der Waals surface area (Å²) in [6.07, 6.45) is 0.406. The standard InChI is InChI=1S/C14H20N4O/c1-10(19)8-9-18(3)13-11-6-4-5-7-12(11)16-14(15-2)17-13/h4-7,10,19H,8-9H2,1-3H3,(H,15,16,17). The lowest BCUT2D eigenvalue weighted by molar-refractivity contribution is 0.187. The van der Waals surface area contributed by atoms with Crippen molar-refractivity contribution >= 4 is 22.7 Å². The summed E-state index contributed by atoms with van der Waals surface area (Å²) in [5, 5.41) is 13.4. The molecule has 0 aliphatic carbocycles. The maximum Gasteiger partial charge on any atom is 0.224 e. The van der Waals surface area contributed by atoms with Gasteiger partial charge in [-0.15, -0.1) is 0 Å². The third-order valence-corrected chi connectivity index (χ3v) is 3.05. The molecule has 5 nitrogen and oxygen atoms in total. The summed E-state index contributed by atoms with van der Waals surface area (Å²) >= 11 is 0. The SMILES string of the molecule is CNc1nc(N(C)CCC(C)O)c2ccccc2n1. The lowest BCUT2D eigenvalue weighted by atomic mass is 10.2. The minimum atomic E-state index is -0.306. The maximum absolute atomic E-state index is 9.39. The van der Waals surface area contributed by atoms with E-state index in [1.54, 1.807) is 6.92 Å². The quantitative estimate of drug-likeness (QED) is 0.859. The van der Waals surface area contributed by atoms with Crippen LogP contribution < -0.4 is 10.2 Å². The number of rotatable bonds is 5. The second kappa shape index (κ2) is 5.84. The Hall–Kier alpha value is -1.88. The van der Waals surface area contributed by atoms with Crippen molar-refractivity contribution in [3.8, 4) is 0 Å². The van der Waals surface area contributed by atoms with Crippen LogP contribution in [0.5, 0.6) is 0 Å². The van der Waals surface area contributed by atoms with Gasteiger partial charge < -0.3 is 15.3 Å². The van der Waals surface area contributed by atoms with Crippen molar-refractivity contribution in [2.45, 2.75) is 19.4 Å². The fourth-order valence-electron chi connectivity index (χ4n) is 1.95. The van der Waals surface area contributed by atoms with Gasteiger partial charge in [0.1, 0.15) is 5.82 Å². The van der Waals surface area contributed by atoms with E-state index in [1.165, 1.54) is 0 Å². The highest BCUT2D eigenvalue weighted by Gasteiger charge is 2.11. The smallest absolute Gasteiger partial charge is 0.224 e. The van der Waals surface area contributed by atoms with Gasteiger partial charge in [-0.05, 0) is 25.5 Å². The minimum absolute atomic E-state index is 0.306. The van der Waals surface area contributed by atoms with Crippen molar-refractivity contribution in [1.29, 1.82) is 0 Å². The average Bonchev–Trinajstić information content (AvgIpc) is 2.43. The summed E-state index contributed by atoms with van der Waals surface area (Å²) in [4.78, 5) is 11.0. The number of nitrogens with one attached hydrogen (secondary N) is 1. The van der Waals surface area contributed by atoms with Crippen molar-refractivity contribution in [2.75, 3.05) is 30.9 Å². The molecule has 0 spiro atoms. The van der Waals surface area contributed by atoms with Gasteiger partial charge in [0, 0.05) is 26.0 Å². The van der Waals surface area contributed by atoms with Crippen LogP contribution in [0.25, 0.3) is 10.9 Å². The lowest BCUT2D eigenvalue weighted by Gasteiger charge is -2.21. The van der Waals surface area contributed by atoms with Crippen LogP contribution in [-0.4, -0.2) is 41.8 Å². The molecular weight excluding hydrogens is 240 g/mol. The van der Waals surface area contributed by atoms with Crippen LogP contribution in [0.1, 0.15) is 13.3 Å². The molecule has 2 aromatic rings. The van der Waals surface area contributed by atoms with Gasteiger partial charge in [-0.2, -0.15) is 4.98 Å². The van der Waals surface area contributed by atoms with Gasteiger partial charge in [0.2, 0.25) is 5.95 Å². The molecular formula is C14H20N4O. The van der Waals surface area contributed by atoms with E-state index in [2.05, 4.69) is 20.2 Å². The Balaban J connectivity index is 2.39. The van der Waals surface area contributed by atoms with Crippen LogP contribution in [0, 0.1) is 0 Å². The van der Waals surface area contributed by atoms with Crippen molar-refractivity contribution in [1.82, 2.24) is 9.97 Å². The first-order valence-electron chi connectivity index (χ1n) is 6.45. The number of anilines is 2. The first-order valence-corrected chi connectivity index (χ1v) is 6.45. The van der Waals surface area contributed by atoms with Gasteiger partial charge in [-0.1, -0.05) is 12.1 Å². The van der Waals surface area contributed by atoms with E-state index >= 15 is 0 Å². The summed E-state index contributed by atoms with van der Waals surface area (Å²) in [6.45, 7) is 2.55. The Morgan fingerprint density at radius 1 is 1.32 bits per heavy atom. The number of fused-ring (bicyclic) bond motifs is 1. The molecule has 0 radical (unpaired) electrons. The van der Waals surface area contributed by atoms with Crippen LogP contribution in [0.4, 0.5) is 11.8 Å². The largest absolute Gasteiger partial charge is 0.393 e. The Bertz CT molecular complexity index is 556. The third kappa shape index (κ3) is 3.12. The fraction of sp³-hybridized carbons (Fsp3) is 0.429. The van der Waals surface area contributed by atoms with Gasteiger partial charge >= 0.3 is 0 Å². The van der Waals surface area contributed by atoms with Gasteiger partial charge in [0.15, 0.2) is 0 Å². The number of aliphatic hydroxyl groups excluding tert-OH is 1. The molecule has 0 aliphatic heterocycles. The molecule has 1 heterocycles. The van der Waals surface area contributed by atoms with Crippen LogP contribution in [-0.2, 0) is 0 Å². The van der Waals surface area contributed by atoms with Gasteiger partial charge in [0.25, 0.3) is 0 Å². The first kappa shape index (κ1) is 13.5. The number of nitrogens with zero attached hydrogens (tertiary/aromatic N) is 3. The van der Waals surface area contributed by atoms with Crippen molar-refractivity contribution in [2.24, 2.45) is 0 Å². The van der Waals surface area contributed by atoms with Crippen molar-refractivity contribution in [3.63, 3.8) is 0 Å². The van der Waals surface area contributed by atoms with Gasteiger partial charge in [-0.25, -0.2) is 4.98 Å². The number of aromatic nitrogens is 2. The van der Waals surface area contributed by atoms with Crippen molar-refractivity contribution < 1.29 is 5.11 Å². The van der Waals surface area contributed by atoms with E-state index in [9.17, 15) is 5.11 Å². The second-order valence-corrected chi connectivity index (χ2v) is 4.70. The molecule has 0 fully saturated rings. The minimum Gasteiger partial charge on any atom is -0.393 e. The van der Waals surface area contributed by atoms with Crippen LogP contribution in [0.3, 0.4) is 0 Å². The number of benzene rings is 1. The highest BCUT2D eigenvalue weighted by molar-refractivity contribution is 5.90. The summed E-state index contributed by atoms with van der Waals surface area (Å²) < 4.78 is 0. The molecule has 1 atom stereocenters. The Labute approximate surface area is 113 Å². The lowest BCUT2D eigenvalue weighted by Crippen LogP contribution is -2.23. The molecule has 0 saturated carbocycles. The Morgan fingerprint density at radius 2 is 2.05 bits per heavy atom. The zero-order chi connectivity index (χ0) is 13.8. The monoisotopic (exact) mass is 260 g/mol. The predicted molar refractivity (Wildman–Crippen MR) is 78.7 cm³/mol. The Morgan fingerprint density at radius 3 is 2.74 bits per heavy atom. The van der Waals surface area contributed by atoms with E-state index in [-0.39, 0.29) is 6.10 Å². The van der Waals surface area contributed by atoms with E-state index in [0.717, 1.165) is 23.3 Å². The average molecular weight is 260 g/mol. The summed E-state index contributed by atoms with van der Waals surface area (Å²) in [5.41, 5.74) is 0.917. The van der Waals surface area contributed by atoms with Crippen molar-refractivity contribution in [3.05, 3.63) is 24.3 Å². The molecule has 0 bridgehead atoms.